The van der Waals surface area contributed by atoms with E-state index in [4.69, 9.17) is 9.47 Å². The molecule has 34 heavy (non-hydrogen) atoms. The highest BCUT2D eigenvalue weighted by Crippen LogP contribution is 2.35. The first-order valence-electron chi connectivity index (χ1n) is 11.8. The molecule has 0 saturated carbocycles. The largest absolute Gasteiger partial charge is 0.482 e. The van der Waals surface area contributed by atoms with Crippen LogP contribution >= 0.6 is 0 Å². The maximum Gasteiger partial charge on any atom is 0.310 e. The molecule has 3 heterocycles. The Bertz CT molecular complexity index is 1050. The summed E-state index contributed by atoms with van der Waals surface area (Å²) in [5.74, 6) is -1.08. The molecule has 0 spiro atoms. The van der Waals surface area contributed by atoms with Gasteiger partial charge >= 0.3 is 5.97 Å². The normalized spacial score (nSPS) is 21.6. The maximum absolute atomic E-state index is 13.1. The monoisotopic (exact) mass is 493 g/mol. The minimum Gasteiger partial charge on any atom is -0.482 e. The van der Waals surface area contributed by atoms with Crippen molar-refractivity contribution in [3.05, 3.63) is 18.2 Å². The molecule has 0 aliphatic carbocycles. The fourth-order valence-corrected chi connectivity index (χ4v) is 6.20. The lowest BCUT2D eigenvalue weighted by atomic mass is 9.98. The Hall–Kier alpha value is -2.66. The van der Waals surface area contributed by atoms with E-state index in [-0.39, 0.29) is 54.7 Å². The Labute approximate surface area is 199 Å². The van der Waals surface area contributed by atoms with Crippen LogP contribution in [-0.2, 0) is 29.1 Å². The summed E-state index contributed by atoms with van der Waals surface area (Å²) in [4.78, 5) is 40.8. The summed E-state index contributed by atoms with van der Waals surface area (Å²) in [7, 11) is -3.71. The van der Waals surface area contributed by atoms with Crippen LogP contribution in [0.2, 0.25) is 0 Å². The van der Waals surface area contributed by atoms with E-state index in [2.05, 4.69) is 0 Å². The molecule has 1 aromatic carbocycles. The van der Waals surface area contributed by atoms with Gasteiger partial charge in [0, 0.05) is 26.2 Å². The number of carbonyl (C=O) groups is 3. The molecule has 0 aromatic heterocycles. The molecule has 1 atom stereocenters. The molecule has 3 aliphatic rings. The molecule has 186 valence electrons. The molecule has 3 aliphatic heterocycles. The number of anilines is 1. The molecular formula is C23H31N3O7S. The number of nitrogens with zero attached hydrogens (tertiary/aromatic N) is 3. The summed E-state index contributed by atoms with van der Waals surface area (Å²) < 4.78 is 38.3. The van der Waals surface area contributed by atoms with E-state index in [0.29, 0.717) is 38.2 Å². The Kier molecular flexibility index (Phi) is 7.42. The fraction of sp³-hybridized carbons (Fsp3) is 0.609. The number of fused-ring (bicyclic) bond motifs is 1. The van der Waals surface area contributed by atoms with Crippen LogP contribution in [0.25, 0.3) is 0 Å². The number of piperidine rings is 2. The highest BCUT2D eigenvalue weighted by molar-refractivity contribution is 7.89. The zero-order valence-electron chi connectivity index (χ0n) is 19.4. The molecule has 1 aromatic rings. The molecule has 0 N–H and O–H groups in total. The van der Waals surface area contributed by atoms with Crippen molar-refractivity contribution in [3.63, 3.8) is 0 Å². The highest BCUT2D eigenvalue weighted by atomic mass is 32.2. The van der Waals surface area contributed by atoms with Crippen molar-refractivity contribution in [2.75, 3.05) is 50.8 Å². The number of hydrogen-bond donors (Lipinski definition) is 0. The molecule has 2 fully saturated rings. The van der Waals surface area contributed by atoms with Gasteiger partial charge in [-0.2, -0.15) is 4.31 Å². The third-order valence-electron chi connectivity index (χ3n) is 6.51. The van der Waals surface area contributed by atoms with Gasteiger partial charge in [-0.1, -0.05) is 6.42 Å². The Balaban J connectivity index is 1.53. The van der Waals surface area contributed by atoms with E-state index in [1.807, 2.05) is 0 Å². The minimum absolute atomic E-state index is 0.0734. The summed E-state index contributed by atoms with van der Waals surface area (Å²) in [5, 5.41) is 0. The maximum atomic E-state index is 13.1. The number of benzene rings is 1. The molecule has 10 nitrogen and oxygen atoms in total. The average molecular weight is 494 g/mol. The van der Waals surface area contributed by atoms with Gasteiger partial charge < -0.3 is 14.4 Å². The topological polar surface area (TPSA) is 114 Å². The molecule has 11 heteroatoms. The molecule has 2 saturated heterocycles. The Morgan fingerprint density at radius 3 is 2.62 bits per heavy atom. The standard InChI is InChI=1S/C23H31N3O7S/c1-2-32-23(29)17-7-6-10-24(14-17)21(27)15-26-19-13-18(8-9-20(19)33-16-22(26)28)34(30,31)25-11-4-3-5-12-25/h8-9,13,17H,2-7,10-12,14-16H2,1H3/t17-/m1/s1. The second kappa shape index (κ2) is 10.3. The second-order valence-electron chi connectivity index (χ2n) is 8.79. The van der Waals surface area contributed by atoms with Crippen LogP contribution in [0.1, 0.15) is 39.0 Å². The lowest BCUT2D eigenvalue weighted by Crippen LogP contribution is -2.49. The van der Waals surface area contributed by atoms with E-state index in [9.17, 15) is 22.8 Å². The van der Waals surface area contributed by atoms with E-state index in [0.717, 1.165) is 19.3 Å². The molecule has 4 rings (SSSR count). The van der Waals surface area contributed by atoms with Crippen LogP contribution < -0.4 is 9.64 Å². The molecule has 0 unspecified atom stereocenters. The van der Waals surface area contributed by atoms with E-state index >= 15 is 0 Å². The number of rotatable bonds is 6. The van der Waals surface area contributed by atoms with Crippen molar-refractivity contribution in [3.8, 4) is 5.75 Å². The molecular weight excluding hydrogens is 462 g/mol. The zero-order chi connectivity index (χ0) is 24.3. The average Bonchev–Trinajstić information content (AvgIpc) is 2.86. The van der Waals surface area contributed by atoms with Gasteiger partial charge in [0.25, 0.3) is 5.91 Å². The molecule has 2 amide bonds. The van der Waals surface area contributed by atoms with Crippen LogP contribution in [0.15, 0.2) is 23.1 Å². The number of carbonyl (C=O) groups excluding carboxylic acids is 3. The summed E-state index contributed by atoms with van der Waals surface area (Å²) in [6.45, 7) is 3.20. The van der Waals surface area contributed by atoms with Gasteiger partial charge in [0.15, 0.2) is 6.61 Å². The first kappa shape index (κ1) is 24.5. The number of esters is 1. The van der Waals surface area contributed by atoms with Gasteiger partial charge in [0.05, 0.1) is 23.1 Å². The molecule has 0 bridgehead atoms. The van der Waals surface area contributed by atoms with Gasteiger partial charge in [-0.15, -0.1) is 0 Å². The predicted octanol–water partition coefficient (Wildman–Crippen LogP) is 1.39. The summed E-state index contributed by atoms with van der Waals surface area (Å²) >= 11 is 0. The SMILES string of the molecule is CCOC(=O)[C@@H]1CCCN(C(=O)CN2C(=O)COc3ccc(S(=O)(=O)N4CCCCC4)cc32)C1. The van der Waals surface area contributed by atoms with Crippen LogP contribution in [0.3, 0.4) is 0 Å². The summed E-state index contributed by atoms with van der Waals surface area (Å²) in [6.07, 6.45) is 3.95. The van der Waals surface area contributed by atoms with E-state index in [1.54, 1.807) is 11.8 Å². The van der Waals surface area contributed by atoms with Crippen LogP contribution in [-0.4, -0.2) is 81.3 Å². The van der Waals surface area contributed by atoms with Crippen molar-refractivity contribution in [1.29, 1.82) is 0 Å². The lowest BCUT2D eigenvalue weighted by molar-refractivity contribution is -0.151. The van der Waals surface area contributed by atoms with Crippen molar-refractivity contribution in [1.82, 2.24) is 9.21 Å². The third kappa shape index (κ3) is 5.05. The third-order valence-corrected chi connectivity index (χ3v) is 8.41. The lowest BCUT2D eigenvalue weighted by Gasteiger charge is -2.35. The molecule has 0 radical (unpaired) electrons. The summed E-state index contributed by atoms with van der Waals surface area (Å²) in [6, 6.07) is 4.43. The van der Waals surface area contributed by atoms with Gasteiger partial charge in [0.2, 0.25) is 15.9 Å². The predicted molar refractivity (Wildman–Crippen MR) is 123 cm³/mol. The number of ether oxygens (including phenoxy) is 2. The summed E-state index contributed by atoms with van der Waals surface area (Å²) in [5.41, 5.74) is 0.265. The van der Waals surface area contributed by atoms with Gasteiger partial charge in [-0.25, -0.2) is 8.42 Å². The van der Waals surface area contributed by atoms with Crippen LogP contribution in [0.5, 0.6) is 5.75 Å². The first-order valence-corrected chi connectivity index (χ1v) is 13.3. The fourth-order valence-electron chi connectivity index (χ4n) is 4.66. The number of sulfonamides is 1. The van der Waals surface area contributed by atoms with Crippen molar-refractivity contribution in [2.24, 2.45) is 5.92 Å². The van der Waals surface area contributed by atoms with Crippen LogP contribution in [0, 0.1) is 5.92 Å². The van der Waals surface area contributed by atoms with Gasteiger partial charge in [-0.05, 0) is 50.8 Å². The second-order valence-corrected chi connectivity index (χ2v) is 10.7. The Morgan fingerprint density at radius 2 is 1.88 bits per heavy atom. The minimum atomic E-state index is -3.71. The van der Waals surface area contributed by atoms with Crippen LogP contribution in [0.4, 0.5) is 5.69 Å². The first-order chi connectivity index (χ1) is 16.3. The number of amides is 2. The highest BCUT2D eigenvalue weighted by Gasteiger charge is 2.34. The smallest absolute Gasteiger partial charge is 0.310 e. The van der Waals surface area contributed by atoms with Crippen molar-refractivity contribution >= 4 is 33.5 Å². The van der Waals surface area contributed by atoms with Crippen molar-refractivity contribution in [2.45, 2.75) is 43.9 Å². The van der Waals surface area contributed by atoms with E-state index < -0.39 is 15.9 Å². The van der Waals surface area contributed by atoms with E-state index in [1.165, 1.54) is 27.4 Å². The van der Waals surface area contributed by atoms with Gasteiger partial charge in [0.1, 0.15) is 12.3 Å². The zero-order valence-corrected chi connectivity index (χ0v) is 20.2. The number of likely N-dealkylation sites (tertiary alicyclic amines) is 1. The van der Waals surface area contributed by atoms with Gasteiger partial charge in [-0.3, -0.25) is 19.3 Å². The quantitative estimate of drug-likeness (QED) is 0.550. The Morgan fingerprint density at radius 1 is 1.12 bits per heavy atom. The number of hydrogen-bond acceptors (Lipinski definition) is 7. The van der Waals surface area contributed by atoms with Crippen molar-refractivity contribution < 1.29 is 32.3 Å².